The molecule has 1 amide bonds. The molecule has 6 nitrogen and oxygen atoms in total. The van der Waals surface area contributed by atoms with Crippen molar-refractivity contribution in [2.24, 2.45) is 0 Å². The van der Waals surface area contributed by atoms with E-state index in [4.69, 9.17) is 5.73 Å². The molecule has 1 aliphatic carbocycles. The largest absolute Gasteiger partial charge is 0.368 e. The molecule has 23 heavy (non-hydrogen) atoms. The van der Waals surface area contributed by atoms with E-state index >= 15 is 0 Å². The Morgan fingerprint density at radius 3 is 2.65 bits per heavy atom. The maximum atomic E-state index is 12.8. The zero-order valence-electron chi connectivity index (χ0n) is 12.9. The van der Waals surface area contributed by atoms with Gasteiger partial charge in [0.05, 0.1) is 0 Å². The molecule has 1 unspecified atom stereocenters. The molecule has 0 saturated heterocycles. The highest BCUT2D eigenvalue weighted by Gasteiger charge is 2.26. The zero-order chi connectivity index (χ0) is 16.1. The van der Waals surface area contributed by atoms with Gasteiger partial charge in [0.15, 0.2) is 0 Å². The van der Waals surface area contributed by atoms with Crippen LogP contribution in [0.15, 0.2) is 35.5 Å². The maximum Gasteiger partial charge on any atom is 0.238 e. The van der Waals surface area contributed by atoms with Crippen LogP contribution in [0.5, 0.6) is 0 Å². The van der Waals surface area contributed by atoms with Crippen LogP contribution >= 0.6 is 11.8 Å². The van der Waals surface area contributed by atoms with Crippen molar-refractivity contribution in [2.75, 3.05) is 5.73 Å². The van der Waals surface area contributed by atoms with Crippen LogP contribution in [0.2, 0.25) is 0 Å². The van der Waals surface area contributed by atoms with Crippen molar-refractivity contribution in [3.63, 3.8) is 0 Å². The minimum absolute atomic E-state index is 0.0106. The molecule has 7 heteroatoms. The number of nitrogens with zero attached hydrogens (tertiary/aromatic N) is 2. The molecule has 1 fully saturated rings. The molecule has 3 rings (SSSR count). The van der Waals surface area contributed by atoms with Gasteiger partial charge in [-0.1, -0.05) is 61.4 Å². The van der Waals surface area contributed by atoms with Gasteiger partial charge in [-0.05, 0) is 18.4 Å². The second-order valence-electron chi connectivity index (χ2n) is 5.76. The molecule has 0 aliphatic heterocycles. The molecule has 0 spiro atoms. The molecule has 1 heterocycles. The van der Waals surface area contributed by atoms with Crippen LogP contribution in [-0.2, 0) is 4.79 Å². The lowest BCUT2D eigenvalue weighted by Crippen LogP contribution is -2.38. The third kappa shape index (κ3) is 4.25. The number of aromatic nitrogens is 3. The third-order valence-corrected chi connectivity index (χ3v) is 5.11. The van der Waals surface area contributed by atoms with Crippen molar-refractivity contribution in [3.05, 3.63) is 35.9 Å². The molecule has 0 radical (unpaired) electrons. The molecular weight excluding hydrogens is 310 g/mol. The van der Waals surface area contributed by atoms with Crippen molar-refractivity contribution >= 4 is 23.6 Å². The number of nitrogens with two attached hydrogens (primary N) is 1. The number of thioether (sulfide) groups is 1. The van der Waals surface area contributed by atoms with Crippen molar-refractivity contribution in [2.45, 2.75) is 48.6 Å². The number of nitrogens with one attached hydrogen (secondary N) is 2. The van der Waals surface area contributed by atoms with Crippen LogP contribution in [-0.4, -0.2) is 27.1 Å². The number of amides is 1. The highest BCUT2D eigenvalue weighted by molar-refractivity contribution is 8.00. The standard InChI is InChI=1S/C16H21N5OS/c17-15-19-16(21-20-15)23-13(11-7-3-1-4-8-11)14(22)18-12-9-5-2-6-10-12/h1,3-4,7-8,12-13H,2,5-6,9-10H2,(H,18,22)(H3,17,19,20,21). The molecule has 1 aromatic heterocycles. The van der Waals surface area contributed by atoms with Crippen LogP contribution < -0.4 is 11.1 Å². The number of rotatable bonds is 5. The minimum atomic E-state index is -0.381. The summed E-state index contributed by atoms with van der Waals surface area (Å²) in [4.78, 5) is 16.9. The lowest BCUT2D eigenvalue weighted by atomic mass is 9.95. The number of hydrogen-bond acceptors (Lipinski definition) is 5. The average molecular weight is 331 g/mol. The van der Waals surface area contributed by atoms with E-state index in [1.54, 1.807) is 0 Å². The van der Waals surface area contributed by atoms with Gasteiger partial charge in [-0.2, -0.15) is 4.98 Å². The quantitative estimate of drug-likeness (QED) is 0.732. The van der Waals surface area contributed by atoms with Gasteiger partial charge in [-0.15, -0.1) is 5.10 Å². The van der Waals surface area contributed by atoms with Crippen LogP contribution in [0.3, 0.4) is 0 Å². The Morgan fingerprint density at radius 1 is 1.26 bits per heavy atom. The molecule has 1 aliphatic rings. The Kier molecular flexibility index (Phi) is 5.17. The van der Waals surface area contributed by atoms with E-state index in [0.717, 1.165) is 18.4 Å². The Hall–Kier alpha value is -2.02. The van der Waals surface area contributed by atoms with Crippen LogP contribution in [0, 0.1) is 0 Å². The summed E-state index contributed by atoms with van der Waals surface area (Å²) in [7, 11) is 0. The summed E-state index contributed by atoms with van der Waals surface area (Å²) in [5, 5.41) is 9.93. The molecule has 4 N–H and O–H groups in total. The lowest BCUT2D eigenvalue weighted by Gasteiger charge is -2.25. The zero-order valence-corrected chi connectivity index (χ0v) is 13.7. The highest BCUT2D eigenvalue weighted by Crippen LogP contribution is 2.34. The summed E-state index contributed by atoms with van der Waals surface area (Å²) in [5.41, 5.74) is 6.51. The van der Waals surface area contributed by atoms with E-state index in [9.17, 15) is 4.79 Å². The second kappa shape index (κ2) is 7.50. The van der Waals surface area contributed by atoms with Crippen molar-refractivity contribution in [1.29, 1.82) is 0 Å². The average Bonchev–Trinajstić information content (AvgIpc) is 2.99. The topological polar surface area (TPSA) is 96.7 Å². The molecule has 2 aromatic rings. The van der Waals surface area contributed by atoms with Crippen LogP contribution in [0.1, 0.15) is 42.9 Å². The van der Waals surface area contributed by atoms with Gasteiger partial charge in [0, 0.05) is 6.04 Å². The van der Waals surface area contributed by atoms with Crippen LogP contribution in [0.25, 0.3) is 0 Å². The number of benzene rings is 1. The van der Waals surface area contributed by atoms with E-state index in [-0.39, 0.29) is 23.1 Å². The molecular formula is C16H21N5OS. The number of aromatic amines is 1. The Morgan fingerprint density at radius 2 is 2.00 bits per heavy atom. The van der Waals surface area contributed by atoms with Gasteiger partial charge < -0.3 is 11.1 Å². The summed E-state index contributed by atoms with van der Waals surface area (Å²) in [5.74, 6) is 0.267. The molecule has 0 bridgehead atoms. The van der Waals surface area contributed by atoms with E-state index in [0.29, 0.717) is 5.16 Å². The van der Waals surface area contributed by atoms with E-state index in [2.05, 4.69) is 20.5 Å². The van der Waals surface area contributed by atoms with E-state index in [1.165, 1.54) is 31.0 Å². The first-order valence-corrected chi connectivity index (χ1v) is 8.80. The second-order valence-corrected chi connectivity index (χ2v) is 6.83. The molecule has 1 saturated carbocycles. The first-order valence-electron chi connectivity index (χ1n) is 7.92. The number of nitrogen functional groups attached to an aromatic ring is 1. The fourth-order valence-corrected chi connectivity index (χ4v) is 3.77. The Balaban J connectivity index is 1.75. The highest BCUT2D eigenvalue weighted by atomic mass is 32.2. The first kappa shape index (κ1) is 15.9. The Labute approximate surface area is 139 Å². The van der Waals surface area contributed by atoms with Crippen molar-refractivity contribution < 1.29 is 4.79 Å². The van der Waals surface area contributed by atoms with Gasteiger partial charge in [-0.3, -0.25) is 4.79 Å². The number of hydrogen-bond donors (Lipinski definition) is 3. The van der Waals surface area contributed by atoms with Crippen molar-refractivity contribution in [3.8, 4) is 0 Å². The predicted molar refractivity (Wildman–Crippen MR) is 90.9 cm³/mol. The number of anilines is 1. The van der Waals surface area contributed by atoms with Crippen molar-refractivity contribution in [1.82, 2.24) is 20.5 Å². The summed E-state index contributed by atoms with van der Waals surface area (Å²) >= 11 is 1.31. The molecule has 1 aromatic carbocycles. The summed E-state index contributed by atoms with van der Waals surface area (Å²) in [6.07, 6.45) is 5.76. The monoisotopic (exact) mass is 331 g/mol. The summed E-state index contributed by atoms with van der Waals surface area (Å²) in [6.45, 7) is 0. The minimum Gasteiger partial charge on any atom is -0.368 e. The van der Waals surface area contributed by atoms with E-state index < -0.39 is 0 Å². The summed E-state index contributed by atoms with van der Waals surface area (Å²) < 4.78 is 0. The SMILES string of the molecule is Nc1nc(SC(C(=O)NC2CCCCC2)c2ccccc2)n[nH]1. The van der Waals surface area contributed by atoms with Gasteiger partial charge in [0.2, 0.25) is 17.0 Å². The fourth-order valence-electron chi connectivity index (χ4n) is 2.84. The number of carbonyl (C=O) groups excluding carboxylic acids is 1. The lowest BCUT2D eigenvalue weighted by molar-refractivity contribution is -0.121. The molecule has 122 valence electrons. The van der Waals surface area contributed by atoms with Gasteiger partial charge in [-0.25, -0.2) is 5.10 Å². The number of carbonyl (C=O) groups is 1. The normalized spacial score (nSPS) is 16.9. The number of H-pyrrole nitrogens is 1. The van der Waals surface area contributed by atoms with Gasteiger partial charge >= 0.3 is 0 Å². The van der Waals surface area contributed by atoms with Crippen LogP contribution in [0.4, 0.5) is 5.95 Å². The predicted octanol–water partition coefficient (Wildman–Crippen LogP) is 2.67. The summed E-state index contributed by atoms with van der Waals surface area (Å²) in [6, 6.07) is 9.99. The van der Waals surface area contributed by atoms with Gasteiger partial charge in [0.1, 0.15) is 5.25 Å². The molecule has 1 atom stereocenters. The fraction of sp³-hybridized carbons (Fsp3) is 0.438. The first-order chi connectivity index (χ1) is 11.2. The smallest absolute Gasteiger partial charge is 0.238 e. The maximum absolute atomic E-state index is 12.8. The van der Waals surface area contributed by atoms with Gasteiger partial charge in [0.25, 0.3) is 0 Å². The third-order valence-electron chi connectivity index (χ3n) is 4.00. The Bertz CT molecular complexity index is 639. The van der Waals surface area contributed by atoms with E-state index in [1.807, 2.05) is 30.3 Å².